The summed E-state index contributed by atoms with van der Waals surface area (Å²) in [6, 6.07) is 6.21. The van der Waals surface area contributed by atoms with E-state index in [2.05, 4.69) is 44.9 Å². The van der Waals surface area contributed by atoms with Gasteiger partial charge in [-0.25, -0.2) is 0 Å². The molecular formula is C14H19NO. The molecule has 0 aromatic heterocycles. The zero-order chi connectivity index (χ0) is 11.9. The van der Waals surface area contributed by atoms with Crippen LogP contribution >= 0.6 is 0 Å². The Morgan fingerprint density at radius 2 is 1.94 bits per heavy atom. The molecule has 1 aromatic carbocycles. The molecule has 0 bridgehead atoms. The van der Waals surface area contributed by atoms with Gasteiger partial charge in [0.1, 0.15) is 5.75 Å². The van der Waals surface area contributed by atoms with Gasteiger partial charge in [-0.1, -0.05) is 18.2 Å². The minimum absolute atomic E-state index is 0.0334. The van der Waals surface area contributed by atoms with Gasteiger partial charge in [0.25, 0.3) is 0 Å². The number of rotatable bonds is 1. The quantitative estimate of drug-likeness (QED) is 0.715. The van der Waals surface area contributed by atoms with Crippen molar-refractivity contribution in [2.24, 2.45) is 0 Å². The number of benzene rings is 1. The van der Waals surface area contributed by atoms with E-state index >= 15 is 0 Å². The minimum Gasteiger partial charge on any atom is -0.495 e. The third kappa shape index (κ3) is 1.49. The van der Waals surface area contributed by atoms with Gasteiger partial charge in [0, 0.05) is 12.6 Å². The highest BCUT2D eigenvalue weighted by Gasteiger charge is 2.30. The molecular weight excluding hydrogens is 198 g/mol. The molecule has 0 spiro atoms. The predicted octanol–water partition coefficient (Wildman–Crippen LogP) is 3.33. The lowest BCUT2D eigenvalue weighted by Crippen LogP contribution is -2.42. The van der Waals surface area contributed by atoms with Crippen molar-refractivity contribution < 1.29 is 4.74 Å². The molecule has 1 aliphatic rings. The minimum atomic E-state index is 0.0334. The van der Waals surface area contributed by atoms with Crippen molar-refractivity contribution in [1.82, 2.24) is 0 Å². The normalized spacial score (nSPS) is 17.8. The van der Waals surface area contributed by atoms with E-state index in [-0.39, 0.29) is 5.54 Å². The smallest absolute Gasteiger partial charge is 0.142 e. The van der Waals surface area contributed by atoms with Crippen LogP contribution in [0.1, 0.15) is 26.3 Å². The molecule has 0 radical (unpaired) electrons. The fourth-order valence-electron chi connectivity index (χ4n) is 2.34. The van der Waals surface area contributed by atoms with E-state index in [1.807, 2.05) is 12.1 Å². The Balaban J connectivity index is 2.69. The van der Waals surface area contributed by atoms with Crippen molar-refractivity contribution in [3.05, 3.63) is 29.8 Å². The molecule has 0 aliphatic carbocycles. The zero-order valence-electron chi connectivity index (χ0n) is 10.7. The number of allylic oxidation sites excluding steroid dienone is 1. The molecule has 0 amide bonds. The van der Waals surface area contributed by atoms with Gasteiger partial charge >= 0.3 is 0 Å². The van der Waals surface area contributed by atoms with Crippen molar-refractivity contribution in [2.75, 3.05) is 19.1 Å². The van der Waals surface area contributed by atoms with Crippen molar-refractivity contribution in [3.8, 4) is 5.75 Å². The van der Waals surface area contributed by atoms with E-state index in [4.69, 9.17) is 4.74 Å². The van der Waals surface area contributed by atoms with Crippen molar-refractivity contribution in [1.29, 1.82) is 0 Å². The Hall–Kier alpha value is -1.44. The fraction of sp³-hybridized carbons (Fsp3) is 0.429. The molecule has 2 nitrogen and oxygen atoms in total. The summed E-state index contributed by atoms with van der Waals surface area (Å²) in [4.78, 5) is 2.27. The third-order valence-electron chi connectivity index (χ3n) is 3.41. The first-order valence-electron chi connectivity index (χ1n) is 5.58. The molecule has 0 saturated carbocycles. The van der Waals surface area contributed by atoms with Crippen LogP contribution < -0.4 is 9.64 Å². The van der Waals surface area contributed by atoms with Gasteiger partial charge in [-0.05, 0) is 32.4 Å². The number of anilines is 1. The molecule has 16 heavy (non-hydrogen) atoms. The topological polar surface area (TPSA) is 12.5 Å². The number of hydrogen-bond donors (Lipinski definition) is 0. The lowest BCUT2D eigenvalue weighted by Gasteiger charge is -2.41. The summed E-state index contributed by atoms with van der Waals surface area (Å²) in [6.45, 7) is 6.59. The van der Waals surface area contributed by atoms with E-state index < -0.39 is 0 Å². The second-order valence-corrected chi connectivity index (χ2v) is 4.90. The van der Waals surface area contributed by atoms with Gasteiger partial charge in [-0.15, -0.1) is 0 Å². The SMILES string of the molecule is COc1cccc2c1N(C)C(C)(C)C=C2C. The van der Waals surface area contributed by atoms with Crippen LogP contribution in [0.2, 0.25) is 0 Å². The molecule has 1 aromatic rings. The second kappa shape index (κ2) is 3.55. The molecule has 0 unspecified atom stereocenters. The number of fused-ring (bicyclic) bond motifs is 1. The maximum absolute atomic E-state index is 5.46. The summed E-state index contributed by atoms with van der Waals surface area (Å²) >= 11 is 0. The van der Waals surface area contributed by atoms with Crippen LogP contribution in [0.4, 0.5) is 5.69 Å². The first-order valence-corrected chi connectivity index (χ1v) is 5.58. The standard InChI is InChI=1S/C14H19NO/c1-10-9-14(2,3)15(4)13-11(10)7-6-8-12(13)16-5/h6-9H,1-5H3. The third-order valence-corrected chi connectivity index (χ3v) is 3.41. The van der Waals surface area contributed by atoms with E-state index in [1.165, 1.54) is 16.8 Å². The highest BCUT2D eigenvalue weighted by molar-refractivity contribution is 5.84. The Labute approximate surface area is 97.5 Å². The number of likely N-dealkylation sites (N-methyl/N-ethyl adjacent to an activating group) is 1. The Kier molecular flexibility index (Phi) is 2.45. The monoisotopic (exact) mass is 217 g/mol. The zero-order valence-corrected chi connectivity index (χ0v) is 10.7. The molecule has 2 heteroatoms. The number of para-hydroxylation sites is 1. The molecule has 0 saturated heterocycles. The number of methoxy groups -OCH3 is 1. The largest absolute Gasteiger partial charge is 0.495 e. The first kappa shape index (κ1) is 11.1. The molecule has 86 valence electrons. The molecule has 0 atom stereocenters. The summed E-state index contributed by atoms with van der Waals surface area (Å²) in [5, 5.41) is 0. The van der Waals surface area contributed by atoms with Gasteiger partial charge < -0.3 is 9.64 Å². The highest BCUT2D eigenvalue weighted by atomic mass is 16.5. The van der Waals surface area contributed by atoms with Crippen LogP contribution in [0.15, 0.2) is 24.3 Å². The van der Waals surface area contributed by atoms with Crippen LogP contribution in [0.5, 0.6) is 5.75 Å². The van der Waals surface area contributed by atoms with Gasteiger partial charge in [0.2, 0.25) is 0 Å². The van der Waals surface area contributed by atoms with E-state index in [0.29, 0.717) is 0 Å². The van der Waals surface area contributed by atoms with Crippen LogP contribution in [0.25, 0.3) is 5.57 Å². The van der Waals surface area contributed by atoms with Crippen LogP contribution in [-0.4, -0.2) is 19.7 Å². The van der Waals surface area contributed by atoms with E-state index in [1.54, 1.807) is 7.11 Å². The number of ether oxygens (including phenoxy) is 1. The van der Waals surface area contributed by atoms with Crippen LogP contribution in [0, 0.1) is 0 Å². The Morgan fingerprint density at radius 1 is 1.25 bits per heavy atom. The molecule has 0 N–H and O–H groups in total. The maximum Gasteiger partial charge on any atom is 0.142 e. The Bertz CT molecular complexity index is 446. The lowest BCUT2D eigenvalue weighted by molar-refractivity contribution is 0.411. The van der Waals surface area contributed by atoms with E-state index in [0.717, 1.165) is 5.75 Å². The fourth-order valence-corrected chi connectivity index (χ4v) is 2.34. The van der Waals surface area contributed by atoms with Crippen molar-refractivity contribution in [3.63, 3.8) is 0 Å². The van der Waals surface area contributed by atoms with Gasteiger partial charge in [-0.3, -0.25) is 0 Å². The summed E-state index contributed by atoms with van der Waals surface area (Å²) in [5.41, 5.74) is 3.80. The highest BCUT2D eigenvalue weighted by Crippen LogP contribution is 2.43. The second-order valence-electron chi connectivity index (χ2n) is 4.90. The van der Waals surface area contributed by atoms with E-state index in [9.17, 15) is 0 Å². The van der Waals surface area contributed by atoms with Crippen LogP contribution in [0.3, 0.4) is 0 Å². The molecule has 1 aliphatic heterocycles. The van der Waals surface area contributed by atoms with Crippen molar-refractivity contribution >= 4 is 11.3 Å². The predicted molar refractivity (Wildman–Crippen MR) is 69.1 cm³/mol. The summed E-state index contributed by atoms with van der Waals surface area (Å²) in [5.74, 6) is 0.945. The number of hydrogen-bond acceptors (Lipinski definition) is 2. The molecule has 0 fully saturated rings. The summed E-state index contributed by atoms with van der Waals surface area (Å²) < 4.78 is 5.46. The average Bonchev–Trinajstić information content (AvgIpc) is 2.24. The number of nitrogens with zero attached hydrogens (tertiary/aromatic N) is 1. The Morgan fingerprint density at radius 3 is 2.56 bits per heavy atom. The van der Waals surface area contributed by atoms with Gasteiger partial charge in [-0.2, -0.15) is 0 Å². The average molecular weight is 217 g/mol. The first-order chi connectivity index (χ1) is 7.47. The van der Waals surface area contributed by atoms with Crippen molar-refractivity contribution in [2.45, 2.75) is 26.3 Å². The maximum atomic E-state index is 5.46. The lowest BCUT2D eigenvalue weighted by atomic mass is 9.89. The summed E-state index contributed by atoms with van der Waals surface area (Å²) in [7, 11) is 3.84. The molecule has 1 heterocycles. The summed E-state index contributed by atoms with van der Waals surface area (Å²) in [6.07, 6.45) is 2.30. The van der Waals surface area contributed by atoms with Gasteiger partial charge in [0.05, 0.1) is 18.3 Å². The molecule has 2 rings (SSSR count). The van der Waals surface area contributed by atoms with Crippen LogP contribution in [-0.2, 0) is 0 Å². The van der Waals surface area contributed by atoms with Gasteiger partial charge in [0.15, 0.2) is 0 Å².